The van der Waals surface area contributed by atoms with Gasteiger partial charge in [-0.25, -0.2) is 8.42 Å². The molecule has 0 bridgehead atoms. The minimum Gasteiger partial charge on any atom is -0.317 e. The summed E-state index contributed by atoms with van der Waals surface area (Å²) < 4.78 is 26.8. The summed E-state index contributed by atoms with van der Waals surface area (Å²) in [6.07, 6.45) is 5.25. The molecule has 4 nitrogen and oxygen atoms in total. The fourth-order valence-electron chi connectivity index (χ4n) is 3.24. The van der Waals surface area contributed by atoms with Crippen LogP contribution in [0.3, 0.4) is 0 Å². The first kappa shape index (κ1) is 15.3. The molecule has 2 aliphatic rings. The van der Waals surface area contributed by atoms with Gasteiger partial charge in [-0.1, -0.05) is 6.92 Å². The second-order valence-corrected chi connectivity index (χ2v) is 8.44. The zero-order valence-corrected chi connectivity index (χ0v) is 13.1. The fraction of sp³-hybridized carbons (Fsp3) is 1.00. The van der Waals surface area contributed by atoms with Crippen LogP contribution in [-0.4, -0.2) is 44.2 Å². The summed E-state index contributed by atoms with van der Waals surface area (Å²) in [6, 6.07) is 0.189. The van der Waals surface area contributed by atoms with Crippen molar-refractivity contribution in [1.82, 2.24) is 9.62 Å². The molecule has 0 aromatic carbocycles. The molecule has 0 aliphatic carbocycles. The highest BCUT2D eigenvalue weighted by Gasteiger charge is 2.32. The number of rotatable bonds is 4. The van der Waals surface area contributed by atoms with Crippen LogP contribution in [0.2, 0.25) is 0 Å². The zero-order chi connectivity index (χ0) is 13.9. The van der Waals surface area contributed by atoms with E-state index in [1.165, 1.54) is 0 Å². The number of piperidine rings is 2. The van der Waals surface area contributed by atoms with Crippen LogP contribution < -0.4 is 5.32 Å². The number of nitrogens with zero attached hydrogens (tertiary/aromatic N) is 1. The van der Waals surface area contributed by atoms with Gasteiger partial charge in [0.05, 0.1) is 5.75 Å². The molecule has 19 heavy (non-hydrogen) atoms. The third-order valence-corrected chi connectivity index (χ3v) is 6.64. The van der Waals surface area contributed by atoms with Gasteiger partial charge < -0.3 is 5.32 Å². The van der Waals surface area contributed by atoms with Gasteiger partial charge in [-0.3, -0.25) is 0 Å². The Morgan fingerprint density at radius 2 is 1.79 bits per heavy atom. The standard InChI is InChI=1S/C14H28N2O2S/c1-12-3-4-13(2)16(11-12)19(17,18)10-7-14-5-8-15-9-6-14/h12-15H,3-11H2,1-2H3. The maximum atomic E-state index is 12.5. The number of nitrogens with one attached hydrogen (secondary N) is 1. The molecule has 2 unspecified atom stereocenters. The van der Waals surface area contributed by atoms with Gasteiger partial charge in [0.25, 0.3) is 0 Å². The predicted molar refractivity (Wildman–Crippen MR) is 78.6 cm³/mol. The van der Waals surface area contributed by atoms with Gasteiger partial charge in [0.2, 0.25) is 10.0 Å². The highest BCUT2D eigenvalue weighted by Crippen LogP contribution is 2.26. The highest BCUT2D eigenvalue weighted by molar-refractivity contribution is 7.89. The van der Waals surface area contributed by atoms with Gasteiger partial charge in [0, 0.05) is 12.6 Å². The van der Waals surface area contributed by atoms with E-state index in [2.05, 4.69) is 12.2 Å². The predicted octanol–water partition coefficient (Wildman–Crippen LogP) is 1.83. The van der Waals surface area contributed by atoms with E-state index < -0.39 is 10.0 Å². The smallest absolute Gasteiger partial charge is 0.214 e. The Morgan fingerprint density at radius 1 is 1.11 bits per heavy atom. The molecule has 0 radical (unpaired) electrons. The Kier molecular flexibility index (Phi) is 5.26. The van der Waals surface area contributed by atoms with Gasteiger partial charge in [0.1, 0.15) is 0 Å². The second kappa shape index (κ2) is 6.55. The molecule has 5 heteroatoms. The molecule has 112 valence electrons. The highest BCUT2D eigenvalue weighted by atomic mass is 32.2. The van der Waals surface area contributed by atoms with Gasteiger partial charge in [-0.15, -0.1) is 0 Å². The Hall–Kier alpha value is -0.130. The normalized spacial score (nSPS) is 31.5. The quantitative estimate of drug-likeness (QED) is 0.858. The van der Waals surface area contributed by atoms with Crippen LogP contribution >= 0.6 is 0 Å². The molecule has 2 saturated heterocycles. The number of hydrogen-bond donors (Lipinski definition) is 1. The first-order chi connectivity index (χ1) is 8.99. The molecule has 2 aliphatic heterocycles. The number of hydrogen-bond acceptors (Lipinski definition) is 3. The average Bonchev–Trinajstić information content (AvgIpc) is 2.40. The van der Waals surface area contributed by atoms with E-state index in [-0.39, 0.29) is 6.04 Å². The van der Waals surface area contributed by atoms with Gasteiger partial charge in [-0.05, 0) is 64.0 Å². The van der Waals surface area contributed by atoms with Crippen LogP contribution in [0.25, 0.3) is 0 Å². The van der Waals surface area contributed by atoms with E-state index in [4.69, 9.17) is 0 Å². The van der Waals surface area contributed by atoms with Crippen LogP contribution in [0, 0.1) is 11.8 Å². The minimum absolute atomic E-state index is 0.189. The first-order valence-electron chi connectivity index (χ1n) is 7.69. The van der Waals surface area contributed by atoms with Crippen LogP contribution in [0.4, 0.5) is 0 Å². The first-order valence-corrected chi connectivity index (χ1v) is 9.30. The van der Waals surface area contributed by atoms with Crippen LogP contribution in [-0.2, 0) is 10.0 Å². The molecule has 0 aromatic heterocycles. The summed E-state index contributed by atoms with van der Waals surface area (Å²) in [5, 5.41) is 3.33. The minimum atomic E-state index is -3.05. The van der Waals surface area contributed by atoms with E-state index in [0.29, 0.717) is 17.6 Å². The van der Waals surface area contributed by atoms with Crippen molar-refractivity contribution in [3.05, 3.63) is 0 Å². The van der Waals surface area contributed by atoms with Crippen molar-refractivity contribution in [3.63, 3.8) is 0 Å². The number of sulfonamides is 1. The molecule has 2 fully saturated rings. The Morgan fingerprint density at radius 3 is 2.47 bits per heavy atom. The van der Waals surface area contributed by atoms with Crippen molar-refractivity contribution in [3.8, 4) is 0 Å². The van der Waals surface area contributed by atoms with Gasteiger partial charge in [0.15, 0.2) is 0 Å². The Bertz CT molecular complexity index is 377. The van der Waals surface area contributed by atoms with Crippen molar-refractivity contribution in [1.29, 1.82) is 0 Å². The Balaban J connectivity index is 1.89. The fourth-order valence-corrected chi connectivity index (χ4v) is 5.24. The molecule has 1 N–H and O–H groups in total. The van der Waals surface area contributed by atoms with E-state index >= 15 is 0 Å². The summed E-state index contributed by atoms with van der Waals surface area (Å²) in [7, 11) is -3.05. The van der Waals surface area contributed by atoms with Crippen molar-refractivity contribution >= 4 is 10.0 Å². The third kappa shape index (κ3) is 4.17. The lowest BCUT2D eigenvalue weighted by atomic mass is 9.96. The summed E-state index contributed by atoms with van der Waals surface area (Å²) in [6.45, 7) is 7.01. The third-order valence-electron chi connectivity index (χ3n) is 4.66. The molecular formula is C14H28N2O2S. The lowest BCUT2D eigenvalue weighted by Crippen LogP contribution is -2.46. The molecule has 0 amide bonds. The lowest BCUT2D eigenvalue weighted by molar-refractivity contribution is 0.217. The van der Waals surface area contributed by atoms with E-state index in [1.807, 2.05) is 6.92 Å². The molecule has 2 heterocycles. The van der Waals surface area contributed by atoms with E-state index in [0.717, 1.165) is 51.7 Å². The van der Waals surface area contributed by atoms with Gasteiger partial charge in [-0.2, -0.15) is 4.31 Å². The van der Waals surface area contributed by atoms with Crippen LogP contribution in [0.1, 0.15) is 46.0 Å². The van der Waals surface area contributed by atoms with Crippen molar-refractivity contribution in [2.45, 2.75) is 52.0 Å². The maximum Gasteiger partial charge on any atom is 0.214 e. The van der Waals surface area contributed by atoms with Crippen LogP contribution in [0.15, 0.2) is 0 Å². The Labute approximate surface area is 118 Å². The maximum absolute atomic E-state index is 12.5. The average molecular weight is 288 g/mol. The summed E-state index contributed by atoms with van der Waals surface area (Å²) in [5.41, 5.74) is 0. The second-order valence-electron chi connectivity index (χ2n) is 6.40. The van der Waals surface area contributed by atoms with Crippen LogP contribution in [0.5, 0.6) is 0 Å². The lowest BCUT2D eigenvalue weighted by Gasteiger charge is -2.36. The topological polar surface area (TPSA) is 49.4 Å². The largest absolute Gasteiger partial charge is 0.317 e. The molecule has 2 atom stereocenters. The van der Waals surface area contributed by atoms with E-state index in [9.17, 15) is 8.42 Å². The molecule has 0 aromatic rings. The summed E-state index contributed by atoms with van der Waals surface area (Å²) >= 11 is 0. The monoisotopic (exact) mass is 288 g/mol. The zero-order valence-electron chi connectivity index (χ0n) is 12.3. The molecule has 0 saturated carbocycles. The van der Waals surface area contributed by atoms with Crippen molar-refractivity contribution < 1.29 is 8.42 Å². The van der Waals surface area contributed by atoms with Crippen molar-refractivity contribution in [2.75, 3.05) is 25.4 Å². The molecule has 2 rings (SSSR count). The van der Waals surface area contributed by atoms with Crippen molar-refractivity contribution in [2.24, 2.45) is 11.8 Å². The summed E-state index contributed by atoms with van der Waals surface area (Å²) in [4.78, 5) is 0. The summed E-state index contributed by atoms with van der Waals surface area (Å²) in [5.74, 6) is 1.44. The van der Waals surface area contributed by atoms with E-state index in [1.54, 1.807) is 4.31 Å². The molecule has 0 spiro atoms. The molecular weight excluding hydrogens is 260 g/mol. The van der Waals surface area contributed by atoms with Gasteiger partial charge >= 0.3 is 0 Å². The SMILES string of the molecule is CC1CCC(C)N(S(=O)(=O)CCC2CCNCC2)C1.